The van der Waals surface area contributed by atoms with Crippen LogP contribution in [-0.2, 0) is 9.53 Å². The van der Waals surface area contributed by atoms with E-state index in [1.807, 2.05) is 6.07 Å². The zero-order valence-electron chi connectivity index (χ0n) is 21.6. The van der Waals surface area contributed by atoms with E-state index in [1.165, 1.54) is 34.1 Å². The molecule has 3 rings (SSSR count). The van der Waals surface area contributed by atoms with Crippen LogP contribution in [0.25, 0.3) is 0 Å². The van der Waals surface area contributed by atoms with E-state index >= 15 is 0 Å². The van der Waals surface area contributed by atoms with E-state index in [0.717, 1.165) is 0 Å². The van der Waals surface area contributed by atoms with Gasteiger partial charge in [-0.15, -0.1) is 0 Å². The second-order valence-electron chi connectivity index (χ2n) is 9.14. The number of nitrogens with one attached hydrogen (secondary N) is 1. The second kappa shape index (κ2) is 12.0. The Bertz CT molecular complexity index is 1330. The minimum absolute atomic E-state index is 0.140. The number of nitrogens with zero attached hydrogens (tertiary/aromatic N) is 4. The Morgan fingerprint density at radius 3 is 2.61 bits per heavy atom. The number of nitro groups is 1. The average molecular weight is 520 g/mol. The van der Waals surface area contributed by atoms with E-state index < -0.39 is 29.1 Å². The Morgan fingerprint density at radius 1 is 1.24 bits per heavy atom. The number of hydrogen-bond acceptors (Lipinski definition) is 7. The molecule has 2 aromatic rings. The molecular formula is C27H29N5O6. The Labute approximate surface area is 220 Å². The number of carbonyl (C=O) groups is 3. The maximum Gasteiger partial charge on any atom is 0.338 e. The number of rotatable bonds is 9. The van der Waals surface area contributed by atoms with Crippen molar-refractivity contribution in [1.29, 1.82) is 5.26 Å². The fourth-order valence-electron chi connectivity index (χ4n) is 4.23. The summed E-state index contributed by atoms with van der Waals surface area (Å²) in [6, 6.07) is 12.8. The molecule has 11 heteroatoms. The van der Waals surface area contributed by atoms with Crippen LogP contribution in [0.3, 0.4) is 0 Å². The number of amides is 3. The molecule has 1 heterocycles. The van der Waals surface area contributed by atoms with Gasteiger partial charge in [-0.25, -0.2) is 9.59 Å². The number of urea groups is 1. The monoisotopic (exact) mass is 519 g/mol. The van der Waals surface area contributed by atoms with Crippen LogP contribution in [0, 0.1) is 21.4 Å². The van der Waals surface area contributed by atoms with E-state index in [0.29, 0.717) is 28.8 Å². The minimum atomic E-state index is -0.928. The summed E-state index contributed by atoms with van der Waals surface area (Å²) < 4.78 is 5.43. The van der Waals surface area contributed by atoms with Crippen LogP contribution in [0.4, 0.5) is 10.5 Å². The molecule has 11 nitrogen and oxygen atoms in total. The number of allylic oxidation sites excluding steroid dienone is 1. The van der Waals surface area contributed by atoms with Crippen molar-refractivity contribution in [3.63, 3.8) is 0 Å². The smallest absolute Gasteiger partial charge is 0.338 e. The number of ether oxygens (including phenoxy) is 1. The van der Waals surface area contributed by atoms with Crippen molar-refractivity contribution in [1.82, 2.24) is 15.1 Å². The fourth-order valence-corrected chi connectivity index (χ4v) is 4.23. The van der Waals surface area contributed by atoms with Gasteiger partial charge >= 0.3 is 12.0 Å². The Kier molecular flexibility index (Phi) is 8.81. The molecule has 38 heavy (non-hydrogen) atoms. The van der Waals surface area contributed by atoms with Gasteiger partial charge in [-0.1, -0.05) is 18.2 Å². The molecule has 0 saturated heterocycles. The normalized spacial score (nSPS) is 15.1. The Hall–Kier alpha value is -4.72. The summed E-state index contributed by atoms with van der Waals surface area (Å²) in [7, 11) is 1.62. The van der Waals surface area contributed by atoms with Crippen LogP contribution in [0.5, 0.6) is 0 Å². The molecule has 0 aromatic heterocycles. The number of hydrogen-bond donors (Lipinski definition) is 1. The number of nitriles is 1. The van der Waals surface area contributed by atoms with Gasteiger partial charge in [0.15, 0.2) is 0 Å². The van der Waals surface area contributed by atoms with Crippen LogP contribution in [0.15, 0.2) is 59.8 Å². The molecule has 0 saturated carbocycles. The highest BCUT2D eigenvalue weighted by Crippen LogP contribution is 2.36. The van der Waals surface area contributed by atoms with Crippen molar-refractivity contribution in [2.24, 2.45) is 0 Å². The van der Waals surface area contributed by atoms with Crippen molar-refractivity contribution < 1.29 is 24.0 Å². The lowest BCUT2D eigenvalue weighted by Crippen LogP contribution is -2.49. The van der Waals surface area contributed by atoms with Gasteiger partial charge in [0.25, 0.3) is 11.6 Å². The summed E-state index contributed by atoms with van der Waals surface area (Å²) in [6.07, 6.45) is -0.0660. The molecule has 0 radical (unpaired) electrons. The number of esters is 1. The van der Waals surface area contributed by atoms with Crippen molar-refractivity contribution in [3.05, 3.63) is 86.6 Å². The van der Waals surface area contributed by atoms with Crippen molar-refractivity contribution in [2.45, 2.75) is 39.3 Å². The van der Waals surface area contributed by atoms with Gasteiger partial charge in [0.2, 0.25) is 0 Å². The van der Waals surface area contributed by atoms with Gasteiger partial charge in [-0.3, -0.25) is 14.9 Å². The molecular weight excluding hydrogens is 490 g/mol. The van der Waals surface area contributed by atoms with E-state index in [1.54, 1.807) is 52.1 Å². The number of carbonyl (C=O) groups excluding carboxylic acids is 3. The van der Waals surface area contributed by atoms with Crippen LogP contribution < -0.4 is 5.32 Å². The summed E-state index contributed by atoms with van der Waals surface area (Å²) in [5.74, 6) is -0.916. The lowest BCUT2D eigenvalue weighted by molar-refractivity contribution is -0.384. The molecule has 0 spiro atoms. The Balaban J connectivity index is 1.87. The van der Waals surface area contributed by atoms with Crippen molar-refractivity contribution >= 4 is 23.6 Å². The molecule has 1 aliphatic rings. The van der Waals surface area contributed by atoms with E-state index in [4.69, 9.17) is 10.00 Å². The summed E-state index contributed by atoms with van der Waals surface area (Å²) in [5.41, 5.74) is 1.44. The summed E-state index contributed by atoms with van der Waals surface area (Å²) >= 11 is 0. The van der Waals surface area contributed by atoms with Crippen LogP contribution in [0.1, 0.15) is 54.7 Å². The predicted octanol–water partition coefficient (Wildman–Crippen LogP) is 3.92. The standard InChI is InChI=1S/C27H29N5O6/c1-17(2)38-26(34)23-18(3)29-27(35)31(24(23)20-9-6-11-22(15-20)32(36)37)13-7-12-30(4)25(33)21-10-5-8-19(14-21)16-28/h5-6,8-11,14-15,17,24H,7,12-13H2,1-4H3,(H,29,35). The van der Waals surface area contributed by atoms with Gasteiger partial charge in [0.05, 0.1) is 34.3 Å². The fraction of sp³-hybridized carbons (Fsp3) is 0.333. The summed E-state index contributed by atoms with van der Waals surface area (Å²) in [6.45, 7) is 5.40. The van der Waals surface area contributed by atoms with Crippen LogP contribution in [-0.4, -0.2) is 58.9 Å². The average Bonchev–Trinajstić information content (AvgIpc) is 2.88. The van der Waals surface area contributed by atoms with Gasteiger partial charge in [-0.05, 0) is 51.0 Å². The Morgan fingerprint density at radius 2 is 1.95 bits per heavy atom. The summed E-state index contributed by atoms with van der Waals surface area (Å²) in [5, 5.41) is 23.2. The number of nitro benzene ring substituents is 1. The zero-order chi connectivity index (χ0) is 28.0. The van der Waals surface area contributed by atoms with Crippen molar-refractivity contribution in [3.8, 4) is 6.07 Å². The molecule has 0 fully saturated rings. The molecule has 198 valence electrons. The predicted molar refractivity (Wildman–Crippen MR) is 138 cm³/mol. The molecule has 1 atom stereocenters. The highest BCUT2D eigenvalue weighted by atomic mass is 16.6. The first kappa shape index (κ1) is 27.9. The lowest BCUT2D eigenvalue weighted by atomic mass is 9.93. The highest BCUT2D eigenvalue weighted by molar-refractivity contribution is 5.95. The molecule has 1 N–H and O–H groups in total. The highest BCUT2D eigenvalue weighted by Gasteiger charge is 2.39. The number of benzene rings is 2. The third-order valence-corrected chi connectivity index (χ3v) is 5.98. The lowest BCUT2D eigenvalue weighted by Gasteiger charge is -2.38. The van der Waals surface area contributed by atoms with Gasteiger partial charge in [-0.2, -0.15) is 5.26 Å². The van der Waals surface area contributed by atoms with E-state index in [-0.39, 0.29) is 30.3 Å². The first-order valence-electron chi connectivity index (χ1n) is 12.0. The topological polar surface area (TPSA) is 146 Å². The van der Waals surface area contributed by atoms with Gasteiger partial charge in [0.1, 0.15) is 0 Å². The first-order chi connectivity index (χ1) is 18.0. The minimum Gasteiger partial charge on any atom is -0.459 e. The first-order valence-corrected chi connectivity index (χ1v) is 12.0. The zero-order valence-corrected chi connectivity index (χ0v) is 21.6. The van der Waals surface area contributed by atoms with Crippen LogP contribution >= 0.6 is 0 Å². The van der Waals surface area contributed by atoms with E-state index in [2.05, 4.69) is 5.32 Å². The quantitative estimate of drug-likeness (QED) is 0.300. The number of non-ortho nitro benzene ring substituents is 1. The molecule has 3 amide bonds. The van der Waals surface area contributed by atoms with E-state index in [9.17, 15) is 24.5 Å². The SMILES string of the molecule is CC1=C(C(=O)OC(C)C)C(c2cccc([N+](=O)[O-])c2)N(CCCN(C)C(=O)c2cccc(C#N)c2)C(=O)N1. The molecule has 1 unspecified atom stereocenters. The van der Waals surface area contributed by atoms with Gasteiger partial charge < -0.3 is 19.9 Å². The molecule has 1 aliphatic heterocycles. The molecule has 0 aliphatic carbocycles. The van der Waals surface area contributed by atoms with Crippen LogP contribution in [0.2, 0.25) is 0 Å². The maximum atomic E-state index is 13.1. The second-order valence-corrected chi connectivity index (χ2v) is 9.14. The largest absolute Gasteiger partial charge is 0.459 e. The third kappa shape index (κ3) is 6.34. The maximum absolute atomic E-state index is 13.1. The molecule has 0 bridgehead atoms. The molecule has 2 aromatic carbocycles. The summed E-state index contributed by atoms with van der Waals surface area (Å²) in [4.78, 5) is 52.8. The third-order valence-electron chi connectivity index (χ3n) is 5.98. The van der Waals surface area contributed by atoms with Gasteiger partial charge in [0, 0.05) is 43.5 Å². The van der Waals surface area contributed by atoms with Crippen molar-refractivity contribution in [2.75, 3.05) is 20.1 Å².